The van der Waals surface area contributed by atoms with Gasteiger partial charge in [-0.25, -0.2) is 9.59 Å². The molecule has 0 unspecified atom stereocenters. The Labute approximate surface area is 83.2 Å². The van der Waals surface area contributed by atoms with Crippen molar-refractivity contribution in [2.24, 2.45) is 0 Å². The second-order valence-corrected chi connectivity index (χ2v) is 2.47. The third-order valence-corrected chi connectivity index (χ3v) is 1.65. The van der Waals surface area contributed by atoms with Gasteiger partial charge in [0.15, 0.2) is 0 Å². The lowest BCUT2D eigenvalue weighted by atomic mass is 10.5. The van der Waals surface area contributed by atoms with E-state index >= 15 is 0 Å². The number of rotatable bonds is 4. The Balaban J connectivity index is 3.73. The van der Waals surface area contributed by atoms with Crippen LogP contribution in [-0.2, 0) is 9.47 Å². The van der Waals surface area contributed by atoms with Crippen molar-refractivity contribution in [2.75, 3.05) is 33.9 Å². The molecule has 6 nitrogen and oxygen atoms in total. The summed E-state index contributed by atoms with van der Waals surface area (Å²) >= 11 is 0. The number of alkyl carbamates (subject to hydrolysis) is 1. The van der Waals surface area contributed by atoms with Crippen LogP contribution in [0.1, 0.15) is 6.92 Å². The molecule has 0 rings (SSSR count). The summed E-state index contributed by atoms with van der Waals surface area (Å²) in [5, 5.41) is 2.47. The molecule has 0 atom stereocenters. The van der Waals surface area contributed by atoms with Gasteiger partial charge in [-0.15, -0.1) is 0 Å². The van der Waals surface area contributed by atoms with Gasteiger partial charge in [0.05, 0.1) is 14.2 Å². The zero-order valence-electron chi connectivity index (χ0n) is 8.70. The SMILES string of the molecule is CCN(CCNC(=O)OC)C(=O)OC. The van der Waals surface area contributed by atoms with Gasteiger partial charge in [0.1, 0.15) is 0 Å². The Morgan fingerprint density at radius 3 is 2.36 bits per heavy atom. The average Bonchev–Trinajstić information content (AvgIpc) is 2.22. The van der Waals surface area contributed by atoms with E-state index in [-0.39, 0.29) is 0 Å². The van der Waals surface area contributed by atoms with Crippen molar-refractivity contribution in [1.82, 2.24) is 10.2 Å². The zero-order valence-corrected chi connectivity index (χ0v) is 8.70. The Hall–Kier alpha value is -1.46. The highest BCUT2D eigenvalue weighted by molar-refractivity contribution is 5.68. The highest BCUT2D eigenvalue weighted by Crippen LogP contribution is 1.90. The second-order valence-electron chi connectivity index (χ2n) is 2.47. The first-order chi connectivity index (χ1) is 6.65. The van der Waals surface area contributed by atoms with Gasteiger partial charge in [-0.3, -0.25) is 0 Å². The van der Waals surface area contributed by atoms with E-state index in [2.05, 4.69) is 14.8 Å². The Morgan fingerprint density at radius 2 is 1.93 bits per heavy atom. The fraction of sp³-hybridized carbons (Fsp3) is 0.750. The quantitative estimate of drug-likeness (QED) is 0.721. The van der Waals surface area contributed by atoms with E-state index in [1.165, 1.54) is 19.1 Å². The largest absolute Gasteiger partial charge is 0.453 e. The van der Waals surface area contributed by atoms with Crippen LogP contribution in [0.15, 0.2) is 0 Å². The van der Waals surface area contributed by atoms with Gasteiger partial charge in [-0.05, 0) is 6.92 Å². The molecule has 0 aromatic rings. The van der Waals surface area contributed by atoms with Crippen molar-refractivity contribution in [2.45, 2.75) is 6.92 Å². The van der Waals surface area contributed by atoms with E-state index in [4.69, 9.17) is 0 Å². The highest BCUT2D eigenvalue weighted by Gasteiger charge is 2.10. The molecule has 0 bridgehead atoms. The fourth-order valence-electron chi connectivity index (χ4n) is 0.873. The maximum atomic E-state index is 11.0. The molecule has 14 heavy (non-hydrogen) atoms. The molecule has 0 aliphatic heterocycles. The van der Waals surface area contributed by atoms with Crippen LogP contribution in [0.5, 0.6) is 0 Å². The zero-order chi connectivity index (χ0) is 11.0. The van der Waals surface area contributed by atoms with Crippen molar-refractivity contribution < 1.29 is 19.1 Å². The van der Waals surface area contributed by atoms with Crippen molar-refractivity contribution in [3.05, 3.63) is 0 Å². The van der Waals surface area contributed by atoms with E-state index < -0.39 is 12.2 Å². The van der Waals surface area contributed by atoms with Crippen LogP contribution in [0.3, 0.4) is 0 Å². The number of nitrogens with one attached hydrogen (secondary N) is 1. The molecule has 2 amide bonds. The lowest BCUT2D eigenvalue weighted by molar-refractivity contribution is 0.124. The Morgan fingerprint density at radius 1 is 1.29 bits per heavy atom. The lowest BCUT2D eigenvalue weighted by Gasteiger charge is -2.18. The number of carbonyl (C=O) groups is 2. The summed E-state index contributed by atoms with van der Waals surface area (Å²) in [5.41, 5.74) is 0. The van der Waals surface area contributed by atoms with Crippen LogP contribution >= 0.6 is 0 Å². The van der Waals surface area contributed by atoms with Crippen LogP contribution in [0.2, 0.25) is 0 Å². The van der Waals surface area contributed by atoms with Gasteiger partial charge >= 0.3 is 12.2 Å². The smallest absolute Gasteiger partial charge is 0.409 e. The first-order valence-electron chi connectivity index (χ1n) is 4.30. The molecule has 0 radical (unpaired) electrons. The standard InChI is InChI=1S/C8H16N2O4/c1-4-10(8(12)14-3)6-5-9-7(11)13-2/h4-6H2,1-3H3,(H,9,11). The first kappa shape index (κ1) is 12.5. The number of likely N-dealkylation sites (N-methyl/N-ethyl adjacent to an activating group) is 1. The fourth-order valence-corrected chi connectivity index (χ4v) is 0.873. The van der Waals surface area contributed by atoms with Crippen molar-refractivity contribution >= 4 is 12.2 Å². The lowest BCUT2D eigenvalue weighted by Crippen LogP contribution is -2.38. The molecular weight excluding hydrogens is 188 g/mol. The van der Waals surface area contributed by atoms with Crippen LogP contribution < -0.4 is 5.32 Å². The number of hydrogen-bond acceptors (Lipinski definition) is 4. The van der Waals surface area contributed by atoms with Gasteiger partial charge in [0.25, 0.3) is 0 Å². The first-order valence-corrected chi connectivity index (χ1v) is 4.30. The molecular formula is C8H16N2O4. The monoisotopic (exact) mass is 204 g/mol. The Bertz CT molecular complexity index is 196. The minimum Gasteiger partial charge on any atom is -0.453 e. The summed E-state index contributed by atoms with van der Waals surface area (Å²) in [6, 6.07) is 0. The van der Waals surface area contributed by atoms with Gasteiger partial charge in [-0.2, -0.15) is 0 Å². The van der Waals surface area contributed by atoms with E-state index in [0.717, 1.165) is 0 Å². The van der Waals surface area contributed by atoms with Crippen molar-refractivity contribution in [3.63, 3.8) is 0 Å². The molecule has 0 aromatic heterocycles. The van der Waals surface area contributed by atoms with Gasteiger partial charge in [-0.1, -0.05) is 0 Å². The summed E-state index contributed by atoms with van der Waals surface area (Å²) in [4.78, 5) is 23.2. The molecule has 0 aromatic carbocycles. The number of ether oxygens (including phenoxy) is 2. The third kappa shape index (κ3) is 4.54. The van der Waals surface area contributed by atoms with Gasteiger partial charge in [0.2, 0.25) is 0 Å². The predicted octanol–water partition coefficient (Wildman–Crippen LogP) is 0.431. The molecule has 0 saturated heterocycles. The molecule has 0 heterocycles. The Kier molecular flexibility index (Phi) is 6.26. The number of methoxy groups -OCH3 is 2. The van der Waals surface area contributed by atoms with Crippen LogP contribution in [0, 0.1) is 0 Å². The maximum absolute atomic E-state index is 11.0. The van der Waals surface area contributed by atoms with Crippen molar-refractivity contribution in [3.8, 4) is 0 Å². The number of carbonyl (C=O) groups excluding carboxylic acids is 2. The molecule has 0 saturated carbocycles. The minimum absolute atomic E-state index is 0.343. The molecule has 0 fully saturated rings. The molecule has 82 valence electrons. The summed E-state index contributed by atoms with van der Waals surface area (Å²) < 4.78 is 8.90. The van der Waals surface area contributed by atoms with Crippen LogP contribution in [0.25, 0.3) is 0 Å². The normalized spacial score (nSPS) is 9.07. The number of amides is 2. The summed E-state index contributed by atoms with van der Waals surface area (Å²) in [7, 11) is 2.60. The molecule has 6 heteroatoms. The molecule has 0 spiro atoms. The summed E-state index contributed by atoms with van der Waals surface area (Å²) in [6.45, 7) is 3.11. The van der Waals surface area contributed by atoms with E-state index in [9.17, 15) is 9.59 Å². The molecule has 0 aliphatic carbocycles. The highest BCUT2D eigenvalue weighted by atomic mass is 16.5. The number of nitrogens with zero attached hydrogens (tertiary/aromatic N) is 1. The van der Waals surface area contributed by atoms with Crippen LogP contribution in [-0.4, -0.2) is 50.9 Å². The second kappa shape index (κ2) is 6.99. The van der Waals surface area contributed by atoms with Crippen molar-refractivity contribution in [1.29, 1.82) is 0 Å². The summed E-state index contributed by atoms with van der Waals surface area (Å²) in [6.07, 6.45) is -0.912. The van der Waals surface area contributed by atoms with E-state index in [1.54, 1.807) is 0 Å². The van der Waals surface area contributed by atoms with E-state index in [1.807, 2.05) is 6.92 Å². The maximum Gasteiger partial charge on any atom is 0.409 e. The van der Waals surface area contributed by atoms with E-state index in [0.29, 0.717) is 19.6 Å². The minimum atomic E-state index is -0.508. The topological polar surface area (TPSA) is 67.9 Å². The van der Waals surface area contributed by atoms with Gasteiger partial charge < -0.3 is 19.7 Å². The predicted molar refractivity (Wildman–Crippen MR) is 50.1 cm³/mol. The summed E-state index contributed by atoms with van der Waals surface area (Å²) in [5.74, 6) is 0. The average molecular weight is 204 g/mol. The van der Waals surface area contributed by atoms with Crippen LogP contribution in [0.4, 0.5) is 9.59 Å². The third-order valence-electron chi connectivity index (χ3n) is 1.65. The molecule has 1 N–H and O–H groups in total. The van der Waals surface area contributed by atoms with Gasteiger partial charge in [0, 0.05) is 19.6 Å². The molecule has 0 aliphatic rings. The number of hydrogen-bond donors (Lipinski definition) is 1.